The first kappa shape index (κ1) is 14.8. The van der Waals surface area contributed by atoms with Gasteiger partial charge in [0, 0.05) is 11.3 Å². The molecule has 0 unspecified atom stereocenters. The Morgan fingerprint density at radius 1 is 1.10 bits per heavy atom. The Morgan fingerprint density at radius 2 is 1.80 bits per heavy atom. The number of hydrogen-bond donors (Lipinski definition) is 2. The van der Waals surface area contributed by atoms with Crippen LogP contribution in [0.15, 0.2) is 30.3 Å². The Bertz CT molecular complexity index is 526. The van der Waals surface area contributed by atoms with E-state index in [-0.39, 0.29) is 0 Å². The number of benzene rings is 1. The maximum atomic E-state index is 4.78. The smallest absolute Gasteiger partial charge is 0.121 e. The van der Waals surface area contributed by atoms with Crippen molar-refractivity contribution >= 4 is 0 Å². The van der Waals surface area contributed by atoms with Gasteiger partial charge in [-0.15, -0.1) is 0 Å². The molecule has 0 aliphatic heterocycles. The van der Waals surface area contributed by atoms with Crippen LogP contribution >= 0.6 is 0 Å². The monoisotopic (exact) mass is 271 g/mol. The minimum Gasteiger partial charge on any atom is -0.344 e. The number of nitrogens with one attached hydrogen (secondary N) is 2. The minimum absolute atomic E-state index is 0.441. The molecule has 2 N–H and O–H groups in total. The lowest BCUT2D eigenvalue weighted by atomic mass is 10.0. The lowest BCUT2D eigenvalue weighted by Gasteiger charge is -2.05. The van der Waals surface area contributed by atoms with Crippen LogP contribution in [0, 0.1) is 5.92 Å². The van der Waals surface area contributed by atoms with E-state index < -0.39 is 0 Å². The van der Waals surface area contributed by atoms with Crippen molar-refractivity contribution in [3.63, 3.8) is 0 Å². The summed E-state index contributed by atoms with van der Waals surface area (Å²) in [5.41, 5.74) is 3.49. The summed E-state index contributed by atoms with van der Waals surface area (Å²) in [5.74, 6) is 2.12. The fourth-order valence-electron chi connectivity index (χ4n) is 2.23. The van der Waals surface area contributed by atoms with Crippen molar-refractivity contribution < 1.29 is 0 Å². The van der Waals surface area contributed by atoms with Crippen LogP contribution in [-0.2, 0) is 6.54 Å². The third kappa shape index (κ3) is 3.70. The number of rotatable bonds is 6. The predicted octanol–water partition coefficient (Wildman–Crippen LogP) is 3.95. The normalized spacial score (nSPS) is 11.5. The van der Waals surface area contributed by atoms with E-state index in [4.69, 9.17) is 4.98 Å². The van der Waals surface area contributed by atoms with E-state index in [9.17, 15) is 0 Å². The summed E-state index contributed by atoms with van der Waals surface area (Å²) in [4.78, 5) is 8.26. The second-order valence-electron chi connectivity index (χ2n) is 5.99. The van der Waals surface area contributed by atoms with Gasteiger partial charge in [-0.1, -0.05) is 58.0 Å². The molecule has 0 radical (unpaired) electrons. The van der Waals surface area contributed by atoms with Gasteiger partial charge >= 0.3 is 0 Å². The fourth-order valence-corrected chi connectivity index (χ4v) is 2.23. The van der Waals surface area contributed by atoms with Crippen molar-refractivity contribution in [1.82, 2.24) is 15.3 Å². The Labute approximate surface area is 121 Å². The SMILES string of the molecule is CC(C)CNCc1nc(-c2ccccc2)c(C(C)C)[nH]1. The summed E-state index contributed by atoms with van der Waals surface area (Å²) in [7, 11) is 0. The molecule has 20 heavy (non-hydrogen) atoms. The van der Waals surface area contributed by atoms with Crippen molar-refractivity contribution in [2.45, 2.75) is 40.2 Å². The zero-order valence-electron chi connectivity index (χ0n) is 12.9. The summed E-state index contributed by atoms with van der Waals surface area (Å²) >= 11 is 0. The summed E-state index contributed by atoms with van der Waals surface area (Å²) in [5, 5.41) is 3.44. The fraction of sp³-hybridized carbons (Fsp3) is 0.471. The number of aromatic amines is 1. The summed E-state index contributed by atoms with van der Waals surface area (Å²) in [6, 6.07) is 10.4. The third-order valence-electron chi connectivity index (χ3n) is 3.25. The topological polar surface area (TPSA) is 40.7 Å². The number of imidazole rings is 1. The molecular formula is C17H25N3. The maximum Gasteiger partial charge on any atom is 0.121 e. The van der Waals surface area contributed by atoms with Crippen molar-refractivity contribution in [3.05, 3.63) is 41.9 Å². The average molecular weight is 271 g/mol. The summed E-state index contributed by atoms with van der Waals surface area (Å²) in [6.07, 6.45) is 0. The summed E-state index contributed by atoms with van der Waals surface area (Å²) < 4.78 is 0. The zero-order chi connectivity index (χ0) is 14.5. The van der Waals surface area contributed by atoms with E-state index in [2.05, 4.69) is 62.3 Å². The number of H-pyrrole nitrogens is 1. The molecule has 2 rings (SSSR count). The van der Waals surface area contributed by atoms with Gasteiger partial charge in [0.1, 0.15) is 5.82 Å². The standard InChI is InChI=1S/C17H25N3/c1-12(2)10-18-11-15-19-16(13(3)4)17(20-15)14-8-6-5-7-9-14/h5-9,12-13,18H,10-11H2,1-4H3,(H,19,20). The van der Waals surface area contributed by atoms with Crippen LogP contribution in [0.4, 0.5) is 0 Å². The first-order valence-electron chi connectivity index (χ1n) is 7.42. The van der Waals surface area contributed by atoms with Crippen LogP contribution in [0.3, 0.4) is 0 Å². The molecule has 0 saturated carbocycles. The Kier molecular flexibility index (Phi) is 4.96. The highest BCUT2D eigenvalue weighted by Gasteiger charge is 2.14. The van der Waals surface area contributed by atoms with E-state index in [0.29, 0.717) is 11.8 Å². The molecule has 1 heterocycles. The van der Waals surface area contributed by atoms with Crippen molar-refractivity contribution in [3.8, 4) is 11.3 Å². The molecule has 1 aromatic heterocycles. The lowest BCUT2D eigenvalue weighted by Crippen LogP contribution is -2.19. The molecule has 0 spiro atoms. The van der Waals surface area contributed by atoms with Gasteiger partial charge < -0.3 is 10.3 Å². The van der Waals surface area contributed by atoms with Crippen LogP contribution in [0.2, 0.25) is 0 Å². The molecule has 0 amide bonds. The molecular weight excluding hydrogens is 246 g/mol. The van der Waals surface area contributed by atoms with Gasteiger partial charge in [-0.25, -0.2) is 4.98 Å². The molecule has 3 nitrogen and oxygen atoms in total. The predicted molar refractivity (Wildman–Crippen MR) is 84.7 cm³/mol. The van der Waals surface area contributed by atoms with Gasteiger partial charge in [-0.05, 0) is 18.4 Å². The molecule has 0 bridgehead atoms. The maximum absolute atomic E-state index is 4.78. The van der Waals surface area contributed by atoms with Crippen LogP contribution in [0.5, 0.6) is 0 Å². The van der Waals surface area contributed by atoms with Crippen LogP contribution in [0.25, 0.3) is 11.3 Å². The van der Waals surface area contributed by atoms with Gasteiger partial charge in [-0.3, -0.25) is 0 Å². The first-order chi connectivity index (χ1) is 9.58. The first-order valence-corrected chi connectivity index (χ1v) is 7.42. The van der Waals surface area contributed by atoms with Gasteiger partial charge in [0.25, 0.3) is 0 Å². The average Bonchev–Trinajstić information content (AvgIpc) is 2.84. The summed E-state index contributed by atoms with van der Waals surface area (Å²) in [6.45, 7) is 10.6. The molecule has 2 aromatic rings. The van der Waals surface area contributed by atoms with E-state index in [1.807, 2.05) is 6.07 Å². The molecule has 108 valence electrons. The molecule has 0 aliphatic rings. The highest BCUT2D eigenvalue weighted by molar-refractivity contribution is 5.62. The number of hydrogen-bond acceptors (Lipinski definition) is 2. The molecule has 0 aliphatic carbocycles. The van der Waals surface area contributed by atoms with Crippen molar-refractivity contribution in [2.75, 3.05) is 6.54 Å². The second kappa shape index (κ2) is 6.71. The highest BCUT2D eigenvalue weighted by atomic mass is 15.0. The minimum atomic E-state index is 0.441. The Balaban J connectivity index is 2.21. The van der Waals surface area contributed by atoms with E-state index in [1.165, 1.54) is 11.3 Å². The van der Waals surface area contributed by atoms with E-state index in [0.717, 1.165) is 24.6 Å². The largest absolute Gasteiger partial charge is 0.344 e. The molecule has 0 fully saturated rings. The van der Waals surface area contributed by atoms with Crippen molar-refractivity contribution in [2.24, 2.45) is 5.92 Å². The van der Waals surface area contributed by atoms with E-state index in [1.54, 1.807) is 0 Å². The Hall–Kier alpha value is -1.61. The zero-order valence-corrected chi connectivity index (χ0v) is 12.9. The van der Waals surface area contributed by atoms with Crippen LogP contribution in [-0.4, -0.2) is 16.5 Å². The lowest BCUT2D eigenvalue weighted by molar-refractivity contribution is 0.544. The third-order valence-corrected chi connectivity index (χ3v) is 3.25. The second-order valence-corrected chi connectivity index (χ2v) is 5.99. The Morgan fingerprint density at radius 3 is 2.40 bits per heavy atom. The quantitative estimate of drug-likeness (QED) is 0.835. The van der Waals surface area contributed by atoms with Crippen molar-refractivity contribution in [1.29, 1.82) is 0 Å². The van der Waals surface area contributed by atoms with Crippen LogP contribution < -0.4 is 5.32 Å². The molecule has 0 saturated heterocycles. The molecule has 0 atom stereocenters. The molecule has 1 aromatic carbocycles. The van der Waals surface area contributed by atoms with Crippen LogP contribution in [0.1, 0.15) is 45.1 Å². The van der Waals surface area contributed by atoms with Gasteiger partial charge in [0.05, 0.1) is 12.2 Å². The van der Waals surface area contributed by atoms with Gasteiger partial charge in [-0.2, -0.15) is 0 Å². The van der Waals surface area contributed by atoms with Gasteiger partial charge in [0.15, 0.2) is 0 Å². The number of aromatic nitrogens is 2. The van der Waals surface area contributed by atoms with Gasteiger partial charge in [0.2, 0.25) is 0 Å². The van der Waals surface area contributed by atoms with E-state index >= 15 is 0 Å². The number of nitrogens with zero attached hydrogens (tertiary/aromatic N) is 1. The molecule has 3 heteroatoms. The highest BCUT2D eigenvalue weighted by Crippen LogP contribution is 2.26.